The van der Waals surface area contributed by atoms with E-state index in [1.807, 2.05) is 0 Å². The molecule has 1 aromatic rings. The molecule has 0 amide bonds. The number of thiol groups is 1. The molecule has 0 saturated carbocycles. The van der Waals surface area contributed by atoms with E-state index < -0.39 is 12.2 Å². The van der Waals surface area contributed by atoms with Crippen molar-refractivity contribution in [2.45, 2.75) is 18.6 Å². The van der Waals surface area contributed by atoms with Crippen LogP contribution in [0.15, 0.2) is 22.7 Å². The van der Waals surface area contributed by atoms with Crippen LogP contribution in [0.4, 0.5) is 0 Å². The molecule has 0 heterocycles. The SMILES string of the molecule is OC(CCS)C(O)c1ccc(Br)cc1Cl. The van der Waals surface area contributed by atoms with Crippen LogP contribution in [0.1, 0.15) is 18.1 Å². The van der Waals surface area contributed by atoms with E-state index in [1.165, 1.54) is 0 Å². The Labute approximate surface area is 108 Å². The van der Waals surface area contributed by atoms with Gasteiger partial charge in [0.1, 0.15) is 6.10 Å². The van der Waals surface area contributed by atoms with Gasteiger partial charge in [0.05, 0.1) is 6.10 Å². The summed E-state index contributed by atoms with van der Waals surface area (Å²) in [5, 5.41) is 19.8. The van der Waals surface area contributed by atoms with Crippen molar-refractivity contribution < 1.29 is 10.2 Å². The predicted octanol–water partition coefficient (Wildman–Crippen LogP) is 2.82. The molecule has 0 saturated heterocycles. The molecule has 0 fully saturated rings. The van der Waals surface area contributed by atoms with Gasteiger partial charge in [0, 0.05) is 15.1 Å². The van der Waals surface area contributed by atoms with Crippen molar-refractivity contribution in [3.63, 3.8) is 0 Å². The number of aliphatic hydroxyl groups is 2. The molecular weight excluding hydrogens is 300 g/mol. The predicted molar refractivity (Wildman–Crippen MR) is 68.6 cm³/mol. The van der Waals surface area contributed by atoms with Gasteiger partial charge < -0.3 is 10.2 Å². The summed E-state index contributed by atoms with van der Waals surface area (Å²) >= 11 is 13.2. The van der Waals surface area contributed by atoms with Gasteiger partial charge >= 0.3 is 0 Å². The van der Waals surface area contributed by atoms with Crippen LogP contribution in [0.5, 0.6) is 0 Å². The lowest BCUT2D eigenvalue weighted by atomic mass is 10.0. The molecule has 0 aliphatic heterocycles. The van der Waals surface area contributed by atoms with Crippen LogP contribution in [-0.2, 0) is 0 Å². The highest BCUT2D eigenvalue weighted by molar-refractivity contribution is 9.10. The first kappa shape index (κ1) is 13.3. The van der Waals surface area contributed by atoms with Crippen LogP contribution >= 0.6 is 40.2 Å². The zero-order chi connectivity index (χ0) is 11.4. The lowest BCUT2D eigenvalue weighted by Crippen LogP contribution is -2.18. The summed E-state index contributed by atoms with van der Waals surface area (Å²) in [7, 11) is 0. The first-order chi connectivity index (χ1) is 7.06. The van der Waals surface area contributed by atoms with E-state index in [4.69, 9.17) is 11.6 Å². The van der Waals surface area contributed by atoms with Gasteiger partial charge in [-0.05, 0) is 24.3 Å². The number of hydrogen-bond donors (Lipinski definition) is 3. The van der Waals surface area contributed by atoms with Crippen molar-refractivity contribution in [1.82, 2.24) is 0 Å². The normalized spacial score (nSPS) is 15.0. The highest BCUT2D eigenvalue weighted by Crippen LogP contribution is 2.29. The lowest BCUT2D eigenvalue weighted by Gasteiger charge is -2.18. The molecule has 0 radical (unpaired) electrons. The monoisotopic (exact) mass is 310 g/mol. The van der Waals surface area contributed by atoms with Gasteiger partial charge in [-0.1, -0.05) is 33.6 Å². The second-order valence-corrected chi connectivity index (χ2v) is 4.96. The Morgan fingerprint density at radius 1 is 1.40 bits per heavy atom. The fraction of sp³-hybridized carbons (Fsp3) is 0.400. The van der Waals surface area contributed by atoms with Gasteiger partial charge in [0.25, 0.3) is 0 Å². The topological polar surface area (TPSA) is 40.5 Å². The van der Waals surface area contributed by atoms with Crippen molar-refractivity contribution in [3.8, 4) is 0 Å². The van der Waals surface area contributed by atoms with Gasteiger partial charge in [-0.15, -0.1) is 0 Å². The Balaban J connectivity index is 2.86. The number of rotatable bonds is 4. The van der Waals surface area contributed by atoms with E-state index in [1.54, 1.807) is 18.2 Å². The van der Waals surface area contributed by atoms with Gasteiger partial charge in [0.15, 0.2) is 0 Å². The minimum Gasteiger partial charge on any atom is -0.390 e. The third-order valence-electron chi connectivity index (χ3n) is 2.07. The standard InChI is InChI=1S/C10H12BrClO2S/c11-6-1-2-7(8(12)5-6)10(14)9(13)3-4-15/h1-2,5,9-10,13-15H,3-4H2. The first-order valence-corrected chi connectivity index (χ1v) is 6.28. The molecule has 0 aliphatic carbocycles. The Bertz CT molecular complexity index is 335. The van der Waals surface area contributed by atoms with Crippen molar-refractivity contribution >= 4 is 40.2 Å². The van der Waals surface area contributed by atoms with E-state index in [2.05, 4.69) is 28.6 Å². The molecule has 84 valence electrons. The quantitative estimate of drug-likeness (QED) is 0.748. The molecule has 5 heteroatoms. The van der Waals surface area contributed by atoms with E-state index in [9.17, 15) is 10.2 Å². The van der Waals surface area contributed by atoms with Crippen molar-refractivity contribution in [1.29, 1.82) is 0 Å². The van der Waals surface area contributed by atoms with Crippen molar-refractivity contribution in [2.24, 2.45) is 0 Å². The van der Waals surface area contributed by atoms with Gasteiger partial charge in [-0.2, -0.15) is 12.6 Å². The Hall–Kier alpha value is 0.260. The minimum absolute atomic E-state index is 0.427. The van der Waals surface area contributed by atoms with Crippen LogP contribution in [0.25, 0.3) is 0 Å². The third-order valence-corrected chi connectivity index (χ3v) is 3.15. The molecule has 2 unspecified atom stereocenters. The molecule has 0 aliphatic rings. The van der Waals surface area contributed by atoms with Crippen molar-refractivity contribution in [2.75, 3.05) is 5.75 Å². The summed E-state index contributed by atoms with van der Waals surface area (Å²) in [6, 6.07) is 5.16. The molecule has 1 aromatic carbocycles. The van der Waals surface area contributed by atoms with E-state index in [0.717, 1.165) is 4.47 Å². The van der Waals surface area contributed by atoms with Gasteiger partial charge in [0.2, 0.25) is 0 Å². The molecule has 0 spiro atoms. The van der Waals surface area contributed by atoms with Crippen molar-refractivity contribution in [3.05, 3.63) is 33.3 Å². The lowest BCUT2D eigenvalue weighted by molar-refractivity contribution is 0.0173. The number of benzene rings is 1. The molecular formula is C10H12BrClO2S. The van der Waals surface area contributed by atoms with Crippen LogP contribution in [0, 0.1) is 0 Å². The highest BCUT2D eigenvalue weighted by atomic mass is 79.9. The maximum Gasteiger partial charge on any atom is 0.106 e. The molecule has 2 N–H and O–H groups in total. The molecule has 2 atom stereocenters. The number of halogens is 2. The Morgan fingerprint density at radius 3 is 2.60 bits per heavy atom. The van der Waals surface area contributed by atoms with E-state index >= 15 is 0 Å². The highest BCUT2D eigenvalue weighted by Gasteiger charge is 2.19. The second-order valence-electron chi connectivity index (χ2n) is 3.19. The largest absolute Gasteiger partial charge is 0.390 e. The summed E-state index contributed by atoms with van der Waals surface area (Å²) in [5.74, 6) is 0.520. The third kappa shape index (κ3) is 3.64. The molecule has 2 nitrogen and oxygen atoms in total. The zero-order valence-electron chi connectivity index (χ0n) is 7.90. The summed E-state index contributed by atoms with van der Waals surface area (Å²) < 4.78 is 0.840. The summed E-state index contributed by atoms with van der Waals surface area (Å²) in [4.78, 5) is 0. The maximum absolute atomic E-state index is 9.81. The average Bonchev–Trinajstić information content (AvgIpc) is 2.17. The first-order valence-electron chi connectivity index (χ1n) is 4.48. The fourth-order valence-corrected chi connectivity index (χ4v) is 2.29. The number of aliphatic hydroxyl groups excluding tert-OH is 2. The maximum atomic E-state index is 9.81. The average molecular weight is 312 g/mol. The fourth-order valence-electron chi connectivity index (χ4n) is 1.24. The minimum atomic E-state index is -0.960. The van der Waals surface area contributed by atoms with Crippen LogP contribution in [0.3, 0.4) is 0 Å². The number of hydrogen-bond acceptors (Lipinski definition) is 3. The summed E-state index contributed by atoms with van der Waals surface area (Å²) in [5.41, 5.74) is 0.536. The smallest absolute Gasteiger partial charge is 0.106 e. The molecule has 1 rings (SSSR count). The Kier molecular flexibility index (Phi) is 5.43. The molecule has 0 aromatic heterocycles. The van der Waals surface area contributed by atoms with Crippen LogP contribution in [0.2, 0.25) is 5.02 Å². The van der Waals surface area contributed by atoms with Gasteiger partial charge in [-0.25, -0.2) is 0 Å². The van der Waals surface area contributed by atoms with Gasteiger partial charge in [-0.3, -0.25) is 0 Å². The second kappa shape index (κ2) is 6.11. The zero-order valence-corrected chi connectivity index (χ0v) is 11.1. The van der Waals surface area contributed by atoms with E-state index in [-0.39, 0.29) is 0 Å². The molecule has 15 heavy (non-hydrogen) atoms. The summed E-state index contributed by atoms with van der Waals surface area (Å²) in [6.07, 6.45) is -1.37. The Morgan fingerprint density at radius 2 is 2.07 bits per heavy atom. The molecule has 0 bridgehead atoms. The summed E-state index contributed by atoms with van der Waals surface area (Å²) in [6.45, 7) is 0. The van der Waals surface area contributed by atoms with Crippen LogP contribution in [-0.4, -0.2) is 22.1 Å². The van der Waals surface area contributed by atoms with Crippen LogP contribution < -0.4 is 0 Å². The van der Waals surface area contributed by atoms with E-state index in [0.29, 0.717) is 22.8 Å².